The van der Waals surface area contributed by atoms with E-state index in [0.717, 1.165) is 24.9 Å². The Morgan fingerprint density at radius 3 is 2.68 bits per heavy atom. The summed E-state index contributed by atoms with van der Waals surface area (Å²) >= 11 is 0. The van der Waals surface area contributed by atoms with Crippen LogP contribution >= 0.6 is 0 Å². The molecule has 0 unspecified atom stereocenters. The highest BCUT2D eigenvalue weighted by molar-refractivity contribution is 5.78. The number of aryl methyl sites for hydroxylation is 1. The van der Waals surface area contributed by atoms with Crippen molar-refractivity contribution in [3.63, 3.8) is 0 Å². The Balaban J connectivity index is 1.66. The number of halogens is 1. The predicted molar refractivity (Wildman–Crippen MR) is 90.5 cm³/mol. The third-order valence-corrected chi connectivity index (χ3v) is 4.78. The molecule has 25 heavy (non-hydrogen) atoms. The molecule has 3 rings (SSSR count). The van der Waals surface area contributed by atoms with Gasteiger partial charge in [-0.25, -0.2) is 4.39 Å². The second-order valence-corrected chi connectivity index (χ2v) is 6.42. The minimum atomic E-state index is -0.256. The lowest BCUT2D eigenvalue weighted by molar-refractivity contribution is -0.121. The van der Waals surface area contributed by atoms with Crippen LogP contribution in [-0.2, 0) is 27.9 Å². The van der Waals surface area contributed by atoms with E-state index in [1.54, 1.807) is 23.0 Å². The lowest BCUT2D eigenvalue weighted by atomic mass is 9.74. The Labute approximate surface area is 146 Å². The van der Waals surface area contributed by atoms with Crippen molar-refractivity contribution in [2.45, 2.75) is 38.1 Å². The van der Waals surface area contributed by atoms with Gasteiger partial charge in [-0.15, -0.1) is 5.10 Å². The molecule has 0 bridgehead atoms. The Bertz CT molecular complexity index is 708. The third kappa shape index (κ3) is 4.22. The molecule has 7 heteroatoms. The third-order valence-electron chi connectivity index (χ3n) is 4.78. The molecule has 1 aliphatic heterocycles. The van der Waals surface area contributed by atoms with Crippen LogP contribution in [0.4, 0.5) is 4.39 Å². The van der Waals surface area contributed by atoms with Crippen LogP contribution in [0.25, 0.3) is 0 Å². The highest BCUT2D eigenvalue weighted by Crippen LogP contribution is 2.34. The van der Waals surface area contributed by atoms with Gasteiger partial charge in [0.15, 0.2) is 0 Å². The molecule has 0 atom stereocenters. The minimum absolute atomic E-state index is 0.0869. The molecule has 0 spiro atoms. The summed E-state index contributed by atoms with van der Waals surface area (Å²) in [6.07, 6.45) is 3.58. The molecule has 1 fully saturated rings. The number of amides is 1. The first-order valence-electron chi connectivity index (χ1n) is 8.61. The number of nitrogens with zero attached hydrogens (tertiary/aromatic N) is 3. The minimum Gasteiger partial charge on any atom is -0.381 e. The molecule has 0 aliphatic carbocycles. The summed E-state index contributed by atoms with van der Waals surface area (Å²) < 4.78 is 20.4. The quantitative estimate of drug-likeness (QED) is 0.867. The van der Waals surface area contributed by atoms with Gasteiger partial charge in [-0.1, -0.05) is 17.3 Å². The molecule has 2 aromatic rings. The van der Waals surface area contributed by atoms with Crippen LogP contribution in [0.2, 0.25) is 0 Å². The van der Waals surface area contributed by atoms with Crippen molar-refractivity contribution >= 4 is 5.91 Å². The van der Waals surface area contributed by atoms with Gasteiger partial charge in [0.25, 0.3) is 0 Å². The highest BCUT2D eigenvalue weighted by atomic mass is 19.1. The van der Waals surface area contributed by atoms with Crippen molar-refractivity contribution in [1.82, 2.24) is 20.3 Å². The predicted octanol–water partition coefficient (Wildman–Crippen LogP) is 1.84. The first-order chi connectivity index (χ1) is 12.1. The molecular formula is C18H23FN4O2. The number of hydrogen-bond donors (Lipinski definition) is 1. The molecule has 1 N–H and O–H groups in total. The zero-order chi connectivity index (χ0) is 17.7. The van der Waals surface area contributed by atoms with Gasteiger partial charge in [0.1, 0.15) is 5.82 Å². The number of rotatable bonds is 6. The van der Waals surface area contributed by atoms with Gasteiger partial charge in [-0.05, 0) is 37.5 Å². The normalized spacial score (nSPS) is 16.6. The maximum atomic E-state index is 13.3. The molecule has 0 saturated carbocycles. The highest BCUT2D eigenvalue weighted by Gasteiger charge is 2.34. The Kier molecular flexibility index (Phi) is 5.43. The van der Waals surface area contributed by atoms with Gasteiger partial charge < -0.3 is 10.1 Å². The lowest BCUT2D eigenvalue weighted by Crippen LogP contribution is -2.45. The van der Waals surface area contributed by atoms with Gasteiger partial charge in [0.2, 0.25) is 5.91 Å². The van der Waals surface area contributed by atoms with Gasteiger partial charge in [-0.3, -0.25) is 9.48 Å². The number of ether oxygens (including phenoxy) is 1. The Morgan fingerprint density at radius 1 is 1.32 bits per heavy atom. The van der Waals surface area contributed by atoms with E-state index < -0.39 is 0 Å². The second-order valence-electron chi connectivity index (χ2n) is 6.42. The summed E-state index contributed by atoms with van der Waals surface area (Å²) in [5, 5.41) is 11.0. The Morgan fingerprint density at radius 2 is 2.04 bits per heavy atom. The molecule has 1 aromatic carbocycles. The van der Waals surface area contributed by atoms with Crippen molar-refractivity contribution in [1.29, 1.82) is 0 Å². The van der Waals surface area contributed by atoms with Gasteiger partial charge in [0, 0.05) is 37.9 Å². The summed E-state index contributed by atoms with van der Waals surface area (Å²) in [5.74, 6) is -0.342. The summed E-state index contributed by atoms with van der Waals surface area (Å²) in [6, 6.07) is 6.55. The van der Waals surface area contributed by atoms with Crippen molar-refractivity contribution < 1.29 is 13.9 Å². The van der Waals surface area contributed by atoms with Gasteiger partial charge in [0.05, 0.1) is 12.1 Å². The second kappa shape index (κ2) is 7.74. The molecule has 1 aliphatic rings. The first-order valence-corrected chi connectivity index (χ1v) is 8.61. The standard InChI is InChI=1S/C18H23FN4O2/c1-2-23-12-16(21-22-23)11-17(24)20-13-18(7-9-25-10-8-18)14-3-5-15(19)6-4-14/h3-6,12H,2,7-11,13H2,1H3,(H,20,24). The molecular weight excluding hydrogens is 323 g/mol. The fraction of sp³-hybridized carbons (Fsp3) is 0.500. The summed E-state index contributed by atoms with van der Waals surface area (Å²) in [4.78, 5) is 12.3. The molecule has 6 nitrogen and oxygen atoms in total. The molecule has 2 heterocycles. The van der Waals surface area contributed by atoms with Crippen molar-refractivity contribution in [3.8, 4) is 0 Å². The molecule has 0 radical (unpaired) electrons. The number of carbonyl (C=O) groups is 1. The Hall–Kier alpha value is -2.28. The summed E-state index contributed by atoms with van der Waals surface area (Å²) in [7, 11) is 0. The lowest BCUT2D eigenvalue weighted by Gasteiger charge is -2.38. The van der Waals surface area contributed by atoms with Crippen LogP contribution in [0.5, 0.6) is 0 Å². The number of nitrogens with one attached hydrogen (secondary N) is 1. The molecule has 1 saturated heterocycles. The van der Waals surface area contributed by atoms with E-state index in [1.807, 2.05) is 6.92 Å². The van der Waals surface area contributed by atoms with E-state index >= 15 is 0 Å². The maximum Gasteiger partial charge on any atom is 0.226 e. The average molecular weight is 346 g/mol. The van der Waals surface area contributed by atoms with Crippen molar-refractivity contribution in [2.75, 3.05) is 19.8 Å². The van der Waals surface area contributed by atoms with Crippen molar-refractivity contribution in [3.05, 3.63) is 47.5 Å². The van der Waals surface area contributed by atoms with Crippen LogP contribution in [-0.4, -0.2) is 40.7 Å². The monoisotopic (exact) mass is 346 g/mol. The molecule has 134 valence electrons. The number of carbonyl (C=O) groups excluding carboxylic acids is 1. The van der Waals surface area contributed by atoms with E-state index in [4.69, 9.17) is 4.74 Å². The van der Waals surface area contributed by atoms with Crippen LogP contribution in [0, 0.1) is 5.82 Å². The maximum absolute atomic E-state index is 13.3. The first kappa shape index (κ1) is 17.5. The van der Waals surface area contributed by atoms with Crippen LogP contribution in [0.1, 0.15) is 31.0 Å². The summed E-state index contributed by atoms with van der Waals surface area (Å²) in [5.41, 5.74) is 1.47. The smallest absolute Gasteiger partial charge is 0.226 e. The fourth-order valence-electron chi connectivity index (χ4n) is 3.20. The summed E-state index contributed by atoms with van der Waals surface area (Å²) in [6.45, 7) is 4.47. The molecule has 1 aromatic heterocycles. The topological polar surface area (TPSA) is 69.0 Å². The average Bonchev–Trinajstić information content (AvgIpc) is 3.09. The van der Waals surface area contributed by atoms with E-state index in [2.05, 4.69) is 15.6 Å². The van der Waals surface area contributed by atoms with Crippen LogP contribution in [0.3, 0.4) is 0 Å². The zero-order valence-corrected chi connectivity index (χ0v) is 14.4. The zero-order valence-electron chi connectivity index (χ0n) is 14.4. The van der Waals surface area contributed by atoms with E-state index in [0.29, 0.717) is 25.5 Å². The van der Waals surface area contributed by atoms with E-state index in [1.165, 1.54) is 12.1 Å². The number of hydrogen-bond acceptors (Lipinski definition) is 4. The van der Waals surface area contributed by atoms with Gasteiger partial charge >= 0.3 is 0 Å². The van der Waals surface area contributed by atoms with Crippen molar-refractivity contribution in [2.24, 2.45) is 0 Å². The van der Waals surface area contributed by atoms with Crippen LogP contribution in [0.15, 0.2) is 30.5 Å². The van der Waals surface area contributed by atoms with Crippen LogP contribution < -0.4 is 5.32 Å². The number of aromatic nitrogens is 3. The SMILES string of the molecule is CCn1cc(CC(=O)NCC2(c3ccc(F)cc3)CCOCC2)nn1. The molecule has 1 amide bonds. The largest absolute Gasteiger partial charge is 0.381 e. The number of benzene rings is 1. The van der Waals surface area contributed by atoms with E-state index in [9.17, 15) is 9.18 Å². The van der Waals surface area contributed by atoms with E-state index in [-0.39, 0.29) is 23.6 Å². The fourth-order valence-corrected chi connectivity index (χ4v) is 3.20. The van der Waals surface area contributed by atoms with Gasteiger partial charge in [-0.2, -0.15) is 0 Å².